The number of carbonyl (C=O) groups excluding carboxylic acids is 2. The van der Waals surface area contributed by atoms with Gasteiger partial charge in [0.25, 0.3) is 5.91 Å². The van der Waals surface area contributed by atoms with E-state index < -0.39 is 30.1 Å². The summed E-state index contributed by atoms with van der Waals surface area (Å²) in [4.78, 5) is 25.0. The molecule has 0 aromatic rings. The molecule has 6 heteroatoms. The maximum Gasteiger partial charge on any atom is 0.259 e. The fraction of sp³-hybridized carbons (Fsp3) is 0.727. The first kappa shape index (κ1) is 21.1. The highest BCUT2D eigenvalue weighted by molar-refractivity contribution is 6.26. The summed E-state index contributed by atoms with van der Waals surface area (Å²) in [5, 5.41) is 24.7. The molecule has 6 nitrogen and oxygen atoms in total. The summed E-state index contributed by atoms with van der Waals surface area (Å²) < 4.78 is 5.72. The largest absolute Gasteiger partial charge is 0.511 e. The number of ether oxygens (including phenoxy) is 1. The van der Waals surface area contributed by atoms with E-state index in [1.54, 1.807) is 14.0 Å². The van der Waals surface area contributed by atoms with Gasteiger partial charge in [0.15, 0.2) is 5.78 Å². The van der Waals surface area contributed by atoms with Gasteiger partial charge in [-0.1, -0.05) is 31.9 Å². The molecule has 0 radical (unpaired) electrons. The van der Waals surface area contributed by atoms with E-state index in [4.69, 9.17) is 4.74 Å². The van der Waals surface area contributed by atoms with Crippen LogP contribution < -0.4 is 5.32 Å². The zero-order valence-electron chi connectivity index (χ0n) is 17.4. The van der Waals surface area contributed by atoms with Crippen molar-refractivity contribution in [3.05, 3.63) is 23.0 Å². The van der Waals surface area contributed by atoms with Crippen molar-refractivity contribution in [3.63, 3.8) is 0 Å². The summed E-state index contributed by atoms with van der Waals surface area (Å²) >= 11 is 0. The van der Waals surface area contributed by atoms with E-state index in [1.165, 1.54) is 5.57 Å². The van der Waals surface area contributed by atoms with Crippen molar-refractivity contribution in [1.29, 1.82) is 0 Å². The zero-order valence-corrected chi connectivity index (χ0v) is 17.4. The maximum atomic E-state index is 12.6. The molecule has 156 valence electrons. The Morgan fingerprint density at radius 3 is 2.54 bits per heavy atom. The van der Waals surface area contributed by atoms with Crippen molar-refractivity contribution in [3.8, 4) is 0 Å². The summed E-state index contributed by atoms with van der Waals surface area (Å²) in [7, 11) is 1.58. The van der Waals surface area contributed by atoms with Crippen molar-refractivity contribution in [2.45, 2.75) is 65.2 Å². The molecular weight excluding hydrogens is 358 g/mol. The molecule has 3 aliphatic rings. The second-order valence-electron chi connectivity index (χ2n) is 8.80. The van der Waals surface area contributed by atoms with Crippen LogP contribution in [0.25, 0.3) is 0 Å². The van der Waals surface area contributed by atoms with Gasteiger partial charge in [-0.3, -0.25) is 9.59 Å². The van der Waals surface area contributed by atoms with E-state index in [9.17, 15) is 19.8 Å². The molecule has 28 heavy (non-hydrogen) atoms. The number of amides is 1. The first-order valence-corrected chi connectivity index (χ1v) is 10.4. The monoisotopic (exact) mass is 391 g/mol. The van der Waals surface area contributed by atoms with E-state index >= 15 is 0 Å². The molecule has 1 saturated carbocycles. The Morgan fingerprint density at radius 1 is 1.32 bits per heavy atom. The number of methoxy groups -OCH3 is 1. The molecule has 3 N–H and O–H groups in total. The van der Waals surface area contributed by atoms with Gasteiger partial charge in [0, 0.05) is 18.9 Å². The van der Waals surface area contributed by atoms with Gasteiger partial charge in [-0.05, 0) is 44.4 Å². The standard InChI is InChI=1S/C22H33NO5/c1-6-7-14-10(2)8-13-9-11(3)18(24)21(28-5)15(13)16(14)20(26)17-19(25)12(4)23-22(17)27/h8,11-16,18,21,24,26H,6-7,9H2,1-5H3,(H,23,27)/b20-17+. The molecule has 1 heterocycles. The molecule has 1 aliphatic heterocycles. The predicted octanol–water partition coefficient (Wildman–Crippen LogP) is 2.53. The lowest BCUT2D eigenvalue weighted by atomic mass is 9.57. The topological polar surface area (TPSA) is 95.9 Å². The van der Waals surface area contributed by atoms with Crippen LogP contribution in [0.4, 0.5) is 0 Å². The molecule has 0 aromatic carbocycles. The minimum absolute atomic E-state index is 0.00788. The molecule has 2 fully saturated rings. The number of Topliss-reactive ketones (excluding diaryl/α,β-unsaturated/α-hetero) is 1. The van der Waals surface area contributed by atoms with Gasteiger partial charge in [-0.15, -0.1) is 0 Å². The molecule has 3 rings (SSSR count). The number of fused-ring (bicyclic) bond motifs is 1. The first-order valence-electron chi connectivity index (χ1n) is 10.4. The van der Waals surface area contributed by atoms with Crippen molar-refractivity contribution in [2.75, 3.05) is 7.11 Å². The summed E-state index contributed by atoms with van der Waals surface area (Å²) in [6.07, 6.45) is 3.69. The molecule has 1 amide bonds. The molecular formula is C22H33NO5. The van der Waals surface area contributed by atoms with Crippen LogP contribution >= 0.6 is 0 Å². The fourth-order valence-electron chi connectivity index (χ4n) is 5.64. The molecule has 1 saturated heterocycles. The Morgan fingerprint density at radius 2 is 2.00 bits per heavy atom. The lowest BCUT2D eigenvalue weighted by Crippen LogP contribution is -2.53. The van der Waals surface area contributed by atoms with Crippen molar-refractivity contribution < 1.29 is 24.5 Å². The van der Waals surface area contributed by atoms with Gasteiger partial charge in [0.05, 0.1) is 18.2 Å². The van der Waals surface area contributed by atoms with E-state index in [-0.39, 0.29) is 40.8 Å². The Bertz CT molecular complexity index is 712. The zero-order chi connectivity index (χ0) is 20.7. The van der Waals surface area contributed by atoms with Crippen LogP contribution in [0, 0.1) is 29.6 Å². The Kier molecular flexibility index (Phi) is 6.01. The second-order valence-corrected chi connectivity index (χ2v) is 8.80. The number of hydrogen-bond donors (Lipinski definition) is 3. The van der Waals surface area contributed by atoms with Gasteiger partial charge < -0.3 is 20.3 Å². The number of aliphatic hydroxyl groups is 2. The van der Waals surface area contributed by atoms with E-state index in [2.05, 4.69) is 25.2 Å². The molecule has 8 atom stereocenters. The van der Waals surface area contributed by atoms with Gasteiger partial charge in [0.2, 0.25) is 0 Å². The predicted molar refractivity (Wildman–Crippen MR) is 105 cm³/mol. The van der Waals surface area contributed by atoms with E-state index in [0.29, 0.717) is 0 Å². The molecule has 0 spiro atoms. The maximum absolute atomic E-state index is 12.6. The van der Waals surface area contributed by atoms with Crippen LogP contribution in [0.15, 0.2) is 23.0 Å². The van der Waals surface area contributed by atoms with Crippen LogP contribution in [-0.4, -0.2) is 47.3 Å². The number of aliphatic hydroxyl groups excluding tert-OH is 2. The minimum atomic E-state index is -0.646. The Balaban J connectivity index is 2.15. The molecule has 2 aliphatic carbocycles. The van der Waals surface area contributed by atoms with Crippen LogP contribution in [-0.2, 0) is 14.3 Å². The average Bonchev–Trinajstić information content (AvgIpc) is 2.89. The van der Waals surface area contributed by atoms with Gasteiger partial charge >= 0.3 is 0 Å². The number of allylic oxidation sites excluding steroid dienone is 3. The lowest BCUT2D eigenvalue weighted by molar-refractivity contribution is -0.129. The number of carbonyl (C=O) groups is 2. The highest BCUT2D eigenvalue weighted by Crippen LogP contribution is 2.51. The minimum Gasteiger partial charge on any atom is -0.511 e. The summed E-state index contributed by atoms with van der Waals surface area (Å²) in [6, 6.07) is -0.625. The third-order valence-corrected chi connectivity index (χ3v) is 7.01. The first-order chi connectivity index (χ1) is 13.2. The van der Waals surface area contributed by atoms with Crippen LogP contribution in [0.3, 0.4) is 0 Å². The number of ketones is 1. The van der Waals surface area contributed by atoms with E-state index in [0.717, 1.165) is 19.3 Å². The molecule has 0 bridgehead atoms. The van der Waals surface area contributed by atoms with E-state index in [1.807, 2.05) is 6.92 Å². The Labute approximate surface area is 167 Å². The second kappa shape index (κ2) is 7.99. The highest BCUT2D eigenvalue weighted by atomic mass is 16.5. The number of rotatable bonds is 4. The van der Waals surface area contributed by atoms with Crippen LogP contribution in [0.2, 0.25) is 0 Å². The highest BCUT2D eigenvalue weighted by Gasteiger charge is 2.52. The molecule has 0 aromatic heterocycles. The summed E-state index contributed by atoms with van der Waals surface area (Å²) in [6.45, 7) is 7.79. The SMILES string of the molecule is CCCC1C(C)=CC2CC(C)C(O)C(OC)C2C1/C(O)=C1\C(=O)NC(C)C1=O. The third kappa shape index (κ3) is 3.30. The lowest BCUT2D eigenvalue weighted by Gasteiger charge is -2.51. The number of nitrogens with one attached hydrogen (secondary N) is 1. The molecule has 8 unspecified atom stereocenters. The smallest absolute Gasteiger partial charge is 0.259 e. The summed E-state index contributed by atoms with van der Waals surface area (Å²) in [5.41, 5.74) is 1.06. The van der Waals surface area contributed by atoms with Crippen LogP contribution in [0.5, 0.6) is 0 Å². The van der Waals surface area contributed by atoms with Gasteiger partial charge in [-0.2, -0.15) is 0 Å². The van der Waals surface area contributed by atoms with Gasteiger partial charge in [-0.25, -0.2) is 0 Å². The van der Waals surface area contributed by atoms with Crippen molar-refractivity contribution >= 4 is 11.7 Å². The quantitative estimate of drug-likeness (QED) is 0.296. The average molecular weight is 392 g/mol. The Hall–Kier alpha value is -1.66. The van der Waals surface area contributed by atoms with Crippen LogP contribution in [0.1, 0.15) is 47.0 Å². The number of hydrogen-bond acceptors (Lipinski definition) is 5. The normalized spacial score (nSPS) is 42.7. The van der Waals surface area contributed by atoms with Crippen molar-refractivity contribution in [1.82, 2.24) is 5.32 Å². The fourth-order valence-corrected chi connectivity index (χ4v) is 5.64. The third-order valence-electron chi connectivity index (χ3n) is 7.01. The van der Waals surface area contributed by atoms with Gasteiger partial charge in [0.1, 0.15) is 11.3 Å². The van der Waals surface area contributed by atoms with Crippen molar-refractivity contribution in [2.24, 2.45) is 29.6 Å². The summed E-state index contributed by atoms with van der Waals surface area (Å²) in [5.74, 6) is -1.39.